The molecule has 0 amide bonds. The molecular formula is C101H75N3O12. The fraction of sp³-hybridized carbons (Fsp3) is 0.0792. The Morgan fingerprint density at radius 2 is 0.388 bits per heavy atom. The van der Waals surface area contributed by atoms with Crippen molar-refractivity contribution in [2.75, 3.05) is 42.7 Å². The lowest BCUT2D eigenvalue weighted by Gasteiger charge is -2.32. The van der Waals surface area contributed by atoms with E-state index in [1.165, 1.54) is 0 Å². The molecule has 15 heteroatoms. The van der Waals surface area contributed by atoms with Gasteiger partial charge in [-0.2, -0.15) is 0 Å². The van der Waals surface area contributed by atoms with Crippen LogP contribution in [0.5, 0.6) is 51.7 Å². The fourth-order valence-corrected chi connectivity index (χ4v) is 15.9. The van der Waals surface area contributed by atoms with Gasteiger partial charge in [0.15, 0.2) is 0 Å². The second-order valence-electron chi connectivity index (χ2n) is 28.5. The number of carbonyl (C=O) groups excluding carboxylic acids is 3. The van der Waals surface area contributed by atoms with Crippen LogP contribution in [-0.2, 0) is 5.41 Å². The Hall–Kier alpha value is -15.1. The highest BCUT2D eigenvalue weighted by atomic mass is 16.5. The highest BCUT2D eigenvalue weighted by Gasteiger charge is 2.33. The Labute approximate surface area is 668 Å². The molecule has 0 N–H and O–H groups in total. The van der Waals surface area contributed by atoms with Gasteiger partial charge in [-0.05, 0) is 275 Å². The average Bonchev–Trinajstić information content (AvgIpc) is 1.62. The molecule has 0 saturated carbocycles. The Morgan fingerprint density at radius 1 is 0.216 bits per heavy atom. The quantitative estimate of drug-likeness (QED) is 0.0383. The molecular weight excluding hydrogens is 1450 g/mol. The molecule has 0 bridgehead atoms. The van der Waals surface area contributed by atoms with E-state index in [4.69, 9.17) is 42.6 Å². The summed E-state index contributed by atoms with van der Waals surface area (Å²) in [5.41, 5.74) is 17.8. The van der Waals surface area contributed by atoms with E-state index in [-0.39, 0.29) is 0 Å². The third-order valence-electron chi connectivity index (χ3n) is 22.2. The summed E-state index contributed by atoms with van der Waals surface area (Å²) in [6.45, 7) is 2.09. The summed E-state index contributed by atoms with van der Waals surface area (Å²) < 4.78 is 58.5. The summed E-state index contributed by atoms with van der Waals surface area (Å²) in [5, 5.41) is 6.31. The molecule has 18 rings (SSSR count). The van der Waals surface area contributed by atoms with E-state index in [0.717, 1.165) is 167 Å². The summed E-state index contributed by atoms with van der Waals surface area (Å²) in [6, 6.07) is 106. The van der Waals surface area contributed by atoms with Crippen molar-refractivity contribution in [2.24, 2.45) is 0 Å². The minimum Gasteiger partial charge on any atom is -0.497 e. The summed E-state index contributed by atoms with van der Waals surface area (Å²) in [6.07, 6.45) is 0. The van der Waals surface area contributed by atoms with E-state index in [0.29, 0.717) is 33.9 Å². The molecule has 566 valence electrons. The number of hydrogen-bond acceptors (Lipinski definition) is 12. The summed E-state index contributed by atoms with van der Waals surface area (Å²) >= 11 is 0. The number of aromatic nitrogens is 3. The number of methoxy groups -OCH3 is 6. The second-order valence-corrected chi connectivity index (χ2v) is 28.5. The van der Waals surface area contributed by atoms with Crippen LogP contribution in [0, 0.1) is 0 Å². The van der Waals surface area contributed by atoms with Gasteiger partial charge in [-0.3, -0.25) is 0 Å². The normalized spacial score (nSPS) is 11.5. The molecule has 15 nitrogen and oxygen atoms in total. The van der Waals surface area contributed by atoms with Gasteiger partial charge in [0.1, 0.15) is 51.7 Å². The van der Waals surface area contributed by atoms with Crippen molar-refractivity contribution in [3.05, 3.63) is 361 Å². The number of nitrogens with zero attached hydrogens (tertiary/aromatic N) is 3. The van der Waals surface area contributed by atoms with Gasteiger partial charge < -0.3 is 56.3 Å². The zero-order chi connectivity index (χ0) is 79.3. The summed E-state index contributed by atoms with van der Waals surface area (Å²) in [4.78, 5) is 41.8. The average molecular weight is 1520 g/mol. The van der Waals surface area contributed by atoms with E-state index >= 15 is 0 Å². The first-order chi connectivity index (χ1) is 56.7. The smallest absolute Gasteiger partial charge is 0.343 e. The number of ether oxygens (including phenoxy) is 9. The van der Waals surface area contributed by atoms with Crippen molar-refractivity contribution in [3.63, 3.8) is 0 Å². The lowest BCUT2D eigenvalue weighted by molar-refractivity contribution is 0.0725. The van der Waals surface area contributed by atoms with Crippen LogP contribution in [0.1, 0.15) is 54.7 Å². The van der Waals surface area contributed by atoms with Crippen LogP contribution < -0.4 is 42.6 Å². The van der Waals surface area contributed by atoms with Gasteiger partial charge in [0.25, 0.3) is 0 Å². The van der Waals surface area contributed by atoms with Crippen LogP contribution in [0.4, 0.5) is 0 Å². The first-order valence-corrected chi connectivity index (χ1v) is 37.8. The van der Waals surface area contributed by atoms with Crippen molar-refractivity contribution < 1.29 is 57.0 Å². The Bertz CT molecular complexity index is 5970. The molecule has 0 fully saturated rings. The minimum atomic E-state index is -0.868. The predicted molar refractivity (Wildman–Crippen MR) is 458 cm³/mol. The Kier molecular flexibility index (Phi) is 18.9. The van der Waals surface area contributed by atoms with Crippen molar-refractivity contribution in [1.82, 2.24) is 13.7 Å². The van der Waals surface area contributed by atoms with Crippen molar-refractivity contribution in [1.29, 1.82) is 0 Å². The molecule has 0 aliphatic heterocycles. The zero-order valence-corrected chi connectivity index (χ0v) is 64.4. The van der Waals surface area contributed by atoms with Crippen LogP contribution in [-0.4, -0.2) is 74.3 Å². The highest BCUT2D eigenvalue weighted by Crippen LogP contribution is 2.44. The molecule has 0 aliphatic rings. The van der Waals surface area contributed by atoms with Gasteiger partial charge in [0.2, 0.25) is 0 Å². The molecule has 3 aromatic heterocycles. The number of hydrogen-bond donors (Lipinski definition) is 0. The zero-order valence-electron chi connectivity index (χ0n) is 64.4. The number of carbonyl (C=O) groups is 3. The van der Waals surface area contributed by atoms with Gasteiger partial charge in [0, 0.05) is 54.8 Å². The van der Waals surface area contributed by atoms with Gasteiger partial charge in [-0.1, -0.05) is 109 Å². The summed E-state index contributed by atoms with van der Waals surface area (Å²) in [7, 11) is 10.0. The Balaban J connectivity index is 0.576. The number of esters is 3. The van der Waals surface area contributed by atoms with Crippen molar-refractivity contribution in [2.45, 2.75) is 12.3 Å². The molecule has 18 aromatic rings. The van der Waals surface area contributed by atoms with E-state index in [9.17, 15) is 14.4 Å². The molecule has 0 saturated heterocycles. The topological polar surface area (TPSA) is 149 Å². The van der Waals surface area contributed by atoms with Crippen molar-refractivity contribution >= 4 is 83.3 Å². The monoisotopic (exact) mass is 1520 g/mol. The van der Waals surface area contributed by atoms with Crippen LogP contribution >= 0.6 is 0 Å². The van der Waals surface area contributed by atoms with Crippen LogP contribution in [0.15, 0.2) is 328 Å². The highest BCUT2D eigenvalue weighted by molar-refractivity contribution is 6.13. The van der Waals surface area contributed by atoms with Crippen LogP contribution in [0.3, 0.4) is 0 Å². The van der Waals surface area contributed by atoms with E-state index in [1.54, 1.807) is 115 Å². The first-order valence-electron chi connectivity index (χ1n) is 37.8. The lowest BCUT2D eigenvalue weighted by Crippen LogP contribution is -2.25. The van der Waals surface area contributed by atoms with Gasteiger partial charge in [-0.25, -0.2) is 14.4 Å². The number of fused-ring (bicyclic) bond motifs is 9. The van der Waals surface area contributed by atoms with Crippen LogP contribution in [0.25, 0.3) is 116 Å². The van der Waals surface area contributed by atoms with E-state index in [2.05, 4.69) is 166 Å². The maximum Gasteiger partial charge on any atom is 0.343 e. The molecule has 0 unspecified atom stereocenters. The van der Waals surface area contributed by atoms with Crippen molar-refractivity contribution in [3.8, 4) is 102 Å². The van der Waals surface area contributed by atoms with Gasteiger partial charge >= 0.3 is 17.9 Å². The third-order valence-corrected chi connectivity index (χ3v) is 22.2. The Morgan fingerprint density at radius 3 is 0.569 bits per heavy atom. The predicted octanol–water partition coefficient (Wildman–Crippen LogP) is 23.0. The second kappa shape index (κ2) is 30.2. The molecule has 0 radical (unpaired) electrons. The minimum absolute atomic E-state index is 0.350. The molecule has 0 aliphatic carbocycles. The lowest BCUT2D eigenvalue weighted by atomic mass is 9.71. The molecule has 0 atom stereocenters. The van der Waals surface area contributed by atoms with Gasteiger partial charge in [0.05, 0.1) is 92.4 Å². The maximum atomic E-state index is 13.9. The third kappa shape index (κ3) is 13.3. The molecule has 0 spiro atoms. The summed E-state index contributed by atoms with van der Waals surface area (Å²) in [5.74, 6) is 4.14. The fourth-order valence-electron chi connectivity index (χ4n) is 15.9. The maximum absolute atomic E-state index is 13.9. The van der Waals surface area contributed by atoms with E-state index < -0.39 is 23.3 Å². The molecule has 3 heterocycles. The van der Waals surface area contributed by atoms with Gasteiger partial charge in [-0.15, -0.1) is 0 Å². The molecule has 116 heavy (non-hydrogen) atoms. The SMILES string of the molecule is COc1ccc2c(c1)c1cc(OC)ccc1n2-c1ccc(-c2ccc(C(=O)Oc3ccc(C(C)(c4ccc(OC(=O)c5ccc(-c6ccc(-n7c8ccc(OC)cc8c8cc(OC)ccc87)cc6)cc5)cc4)c4ccc(OC(=O)c5ccc(-c6ccc(-n7c8ccc(OC)cc8c8cc(OC)ccc87)cc6)cc5)cc4)cc3)cc2)cc1. The standard InChI is InChI=1S/C101H75N3O12/c1-101(71-26-38-77(39-27-71)114-98(105)68-14-8-62(9-15-68)65-20-32-74(33-21-65)102-92-50-44-80(108-2)56-86(92)87-57-81(109-3)45-51-93(87)102,72-28-40-78(41-29-72)115-99(106)69-16-10-63(11-17-69)66-22-34-75(35-23-66)103-94-52-46-82(110-4)58-88(94)89-59-83(111-5)47-53-95(89)103)73-30-42-79(43-31-73)116-100(107)70-18-12-64(13-19-70)67-24-36-76(37-25-67)104-96-54-48-84(112-6)60-90(96)91-61-85(113-7)49-55-97(91)104/h8-61H,1-7H3. The van der Waals surface area contributed by atoms with Crippen LogP contribution in [0.2, 0.25) is 0 Å². The number of rotatable bonds is 21. The van der Waals surface area contributed by atoms with E-state index in [1.807, 2.05) is 109 Å². The number of benzene rings is 15. The molecule has 15 aromatic carbocycles. The largest absolute Gasteiger partial charge is 0.497 e. The first kappa shape index (κ1) is 72.5.